The Kier molecular flexibility index (Phi) is 4.75. The molecule has 0 aliphatic heterocycles. The number of aromatic nitrogens is 1. The standard InChI is InChI=1S/C42H26N2/c1-3-12-30-25-32(20-17-27(30)9-1)43(33-21-18-28-10-2-4-13-31(28)26-33)39-24-23-36-35-15-7-8-16-38(35)44-41-34-14-6-5-11-29(34)19-22-37(41)40(39)42(36)44/h1-26H. The van der Waals surface area contributed by atoms with Crippen LogP contribution < -0.4 is 4.90 Å². The number of fused-ring (bicyclic) bond motifs is 10. The highest BCUT2D eigenvalue weighted by atomic mass is 15.1. The number of hydrogen-bond acceptors (Lipinski definition) is 1. The molecule has 0 amide bonds. The van der Waals surface area contributed by atoms with Gasteiger partial charge < -0.3 is 9.30 Å². The summed E-state index contributed by atoms with van der Waals surface area (Å²) in [7, 11) is 0. The van der Waals surface area contributed by atoms with Crippen LogP contribution in [0.1, 0.15) is 0 Å². The lowest BCUT2D eigenvalue weighted by Crippen LogP contribution is -2.10. The summed E-state index contributed by atoms with van der Waals surface area (Å²) in [5, 5.41) is 12.6. The molecule has 0 aliphatic rings. The van der Waals surface area contributed by atoms with E-state index in [0.717, 1.165) is 11.4 Å². The van der Waals surface area contributed by atoms with E-state index in [1.165, 1.54) is 76.1 Å². The van der Waals surface area contributed by atoms with Crippen LogP contribution in [0.15, 0.2) is 158 Å². The van der Waals surface area contributed by atoms with Crippen LogP contribution in [0.5, 0.6) is 0 Å². The Morgan fingerprint density at radius 3 is 1.61 bits per heavy atom. The quantitative estimate of drug-likeness (QED) is 0.209. The molecule has 0 N–H and O–H groups in total. The van der Waals surface area contributed by atoms with E-state index in [-0.39, 0.29) is 0 Å². The number of rotatable bonds is 3. The van der Waals surface area contributed by atoms with E-state index in [4.69, 9.17) is 0 Å². The van der Waals surface area contributed by atoms with Crippen molar-refractivity contribution in [1.82, 2.24) is 4.40 Å². The Labute approximate surface area is 253 Å². The predicted octanol–water partition coefficient (Wildman–Crippen LogP) is 11.8. The molecule has 10 rings (SSSR count). The average Bonchev–Trinajstić information content (AvgIpc) is 3.61. The average molecular weight is 559 g/mol. The molecule has 44 heavy (non-hydrogen) atoms. The van der Waals surface area contributed by atoms with Crippen LogP contribution in [-0.2, 0) is 0 Å². The SMILES string of the molecule is c1ccc2cc(N(c3ccc4ccccc4c3)c3ccc4c5ccccc5n5c6c7ccccc7ccc6c3c45)ccc2c1. The first kappa shape index (κ1) is 23.7. The first-order valence-electron chi connectivity index (χ1n) is 15.2. The van der Waals surface area contributed by atoms with Crippen LogP contribution in [0.4, 0.5) is 17.1 Å². The summed E-state index contributed by atoms with van der Waals surface area (Å²) in [6.45, 7) is 0. The fourth-order valence-electron chi connectivity index (χ4n) is 7.49. The van der Waals surface area contributed by atoms with Crippen LogP contribution >= 0.6 is 0 Å². The zero-order valence-corrected chi connectivity index (χ0v) is 23.9. The van der Waals surface area contributed by atoms with Crippen molar-refractivity contribution >= 4 is 87.5 Å². The van der Waals surface area contributed by atoms with Gasteiger partial charge in [-0.25, -0.2) is 0 Å². The summed E-state index contributed by atoms with van der Waals surface area (Å²) < 4.78 is 2.51. The Balaban J connectivity index is 1.38. The molecule has 0 saturated heterocycles. The Morgan fingerprint density at radius 1 is 0.364 bits per heavy atom. The third kappa shape index (κ3) is 3.20. The van der Waals surface area contributed by atoms with Crippen LogP contribution in [0.3, 0.4) is 0 Å². The van der Waals surface area contributed by atoms with Gasteiger partial charge in [-0.05, 0) is 63.3 Å². The normalized spacial score (nSPS) is 12.1. The number of benzene rings is 8. The summed E-state index contributed by atoms with van der Waals surface area (Å²) in [6, 6.07) is 57.8. The van der Waals surface area contributed by atoms with E-state index in [1.807, 2.05) is 0 Å². The van der Waals surface area contributed by atoms with Gasteiger partial charge in [-0.2, -0.15) is 0 Å². The molecule has 0 radical (unpaired) electrons. The molecule has 0 spiro atoms. The third-order valence-corrected chi connectivity index (χ3v) is 9.43. The molecule has 2 heteroatoms. The van der Waals surface area contributed by atoms with Crippen molar-refractivity contribution in [3.63, 3.8) is 0 Å². The first-order chi connectivity index (χ1) is 21.8. The molecule has 0 aliphatic carbocycles. The molecule has 0 unspecified atom stereocenters. The lowest BCUT2D eigenvalue weighted by Gasteiger charge is -2.27. The molecule has 0 saturated carbocycles. The van der Waals surface area contributed by atoms with Crippen LogP contribution in [0.25, 0.3) is 70.4 Å². The summed E-state index contributed by atoms with van der Waals surface area (Å²) in [6.07, 6.45) is 0. The molecular formula is C42H26N2. The fraction of sp³-hybridized carbons (Fsp3) is 0. The van der Waals surface area contributed by atoms with E-state index >= 15 is 0 Å². The molecule has 0 bridgehead atoms. The zero-order chi connectivity index (χ0) is 28.8. The smallest absolute Gasteiger partial charge is 0.0641 e. The van der Waals surface area contributed by atoms with Gasteiger partial charge in [-0.15, -0.1) is 0 Å². The van der Waals surface area contributed by atoms with Gasteiger partial charge in [-0.1, -0.05) is 121 Å². The molecule has 2 heterocycles. The molecule has 204 valence electrons. The highest BCUT2D eigenvalue weighted by Gasteiger charge is 2.25. The van der Waals surface area contributed by atoms with Crippen molar-refractivity contribution in [3.8, 4) is 0 Å². The van der Waals surface area contributed by atoms with Gasteiger partial charge in [-0.3, -0.25) is 0 Å². The van der Waals surface area contributed by atoms with Gasteiger partial charge in [0.05, 0.1) is 22.2 Å². The summed E-state index contributed by atoms with van der Waals surface area (Å²) in [5.41, 5.74) is 7.27. The Bertz CT molecular complexity index is 2650. The molecule has 10 aromatic rings. The predicted molar refractivity (Wildman–Crippen MR) is 188 cm³/mol. The van der Waals surface area contributed by atoms with Gasteiger partial charge in [0.1, 0.15) is 0 Å². The van der Waals surface area contributed by atoms with E-state index in [9.17, 15) is 0 Å². The van der Waals surface area contributed by atoms with Crippen molar-refractivity contribution in [2.24, 2.45) is 0 Å². The molecule has 2 nitrogen and oxygen atoms in total. The molecule has 8 aromatic carbocycles. The van der Waals surface area contributed by atoms with Crippen molar-refractivity contribution in [1.29, 1.82) is 0 Å². The second-order valence-corrected chi connectivity index (χ2v) is 11.8. The zero-order valence-electron chi connectivity index (χ0n) is 23.9. The highest BCUT2D eigenvalue weighted by molar-refractivity contribution is 6.30. The number of para-hydroxylation sites is 1. The molecule has 2 aromatic heterocycles. The van der Waals surface area contributed by atoms with E-state index in [0.29, 0.717) is 0 Å². The van der Waals surface area contributed by atoms with Crippen molar-refractivity contribution in [3.05, 3.63) is 158 Å². The third-order valence-electron chi connectivity index (χ3n) is 9.43. The van der Waals surface area contributed by atoms with Gasteiger partial charge in [0.25, 0.3) is 0 Å². The number of anilines is 3. The van der Waals surface area contributed by atoms with Crippen molar-refractivity contribution < 1.29 is 0 Å². The molecular weight excluding hydrogens is 532 g/mol. The lowest BCUT2D eigenvalue weighted by atomic mass is 10.0. The number of hydrogen-bond donors (Lipinski definition) is 0. The molecule has 0 fully saturated rings. The summed E-state index contributed by atoms with van der Waals surface area (Å²) in [4.78, 5) is 2.46. The minimum atomic E-state index is 1.14. The molecule has 0 atom stereocenters. The number of nitrogens with zero attached hydrogens (tertiary/aromatic N) is 2. The second kappa shape index (κ2) is 8.82. The minimum absolute atomic E-state index is 1.14. The van der Waals surface area contributed by atoms with Gasteiger partial charge in [0.2, 0.25) is 0 Å². The van der Waals surface area contributed by atoms with Crippen molar-refractivity contribution in [2.75, 3.05) is 4.90 Å². The first-order valence-corrected chi connectivity index (χ1v) is 15.2. The monoisotopic (exact) mass is 558 g/mol. The maximum absolute atomic E-state index is 2.51. The van der Waals surface area contributed by atoms with Gasteiger partial charge in [0, 0.05) is 38.3 Å². The van der Waals surface area contributed by atoms with Crippen LogP contribution in [-0.4, -0.2) is 4.40 Å². The van der Waals surface area contributed by atoms with Gasteiger partial charge >= 0.3 is 0 Å². The maximum atomic E-state index is 2.51. The van der Waals surface area contributed by atoms with E-state index in [1.54, 1.807) is 0 Å². The second-order valence-electron chi connectivity index (χ2n) is 11.8. The van der Waals surface area contributed by atoms with Crippen LogP contribution in [0, 0.1) is 0 Å². The highest BCUT2D eigenvalue weighted by Crippen LogP contribution is 2.48. The van der Waals surface area contributed by atoms with Crippen LogP contribution in [0.2, 0.25) is 0 Å². The maximum Gasteiger partial charge on any atom is 0.0641 e. The lowest BCUT2D eigenvalue weighted by molar-refractivity contribution is 1.31. The minimum Gasteiger partial charge on any atom is -0.310 e. The van der Waals surface area contributed by atoms with Crippen molar-refractivity contribution in [2.45, 2.75) is 0 Å². The summed E-state index contributed by atoms with van der Waals surface area (Å²) in [5.74, 6) is 0. The Hall–Kier alpha value is -5.86. The van der Waals surface area contributed by atoms with Gasteiger partial charge in [0.15, 0.2) is 0 Å². The van der Waals surface area contributed by atoms with E-state index < -0.39 is 0 Å². The summed E-state index contributed by atoms with van der Waals surface area (Å²) >= 11 is 0. The van der Waals surface area contributed by atoms with E-state index in [2.05, 4.69) is 167 Å². The fourth-order valence-corrected chi connectivity index (χ4v) is 7.49. The largest absolute Gasteiger partial charge is 0.310 e. The Morgan fingerprint density at radius 2 is 0.909 bits per heavy atom. The topological polar surface area (TPSA) is 7.65 Å².